The molecule has 0 aliphatic rings. The van der Waals surface area contributed by atoms with Crippen LogP contribution in [0.4, 0.5) is 11.6 Å². The molecule has 0 bridgehead atoms. The monoisotopic (exact) mass is 331 g/mol. The molecule has 7 N–H and O–H groups in total. The highest BCUT2D eigenvalue weighted by Crippen LogP contribution is 2.15. The summed E-state index contributed by atoms with van der Waals surface area (Å²) in [6, 6.07) is 23.8. The minimum atomic E-state index is 0.723. The van der Waals surface area contributed by atoms with E-state index in [2.05, 4.69) is 15.0 Å². The van der Waals surface area contributed by atoms with E-state index in [0.29, 0.717) is 0 Å². The van der Waals surface area contributed by atoms with E-state index in [4.69, 9.17) is 11.5 Å². The van der Waals surface area contributed by atoms with Crippen molar-refractivity contribution in [3.8, 4) is 0 Å². The van der Waals surface area contributed by atoms with E-state index in [1.54, 1.807) is 0 Å². The van der Waals surface area contributed by atoms with Crippen LogP contribution in [0.2, 0.25) is 0 Å². The van der Waals surface area contributed by atoms with Gasteiger partial charge in [0.05, 0.1) is 0 Å². The maximum absolute atomic E-state index is 5.54. The highest BCUT2D eigenvalue weighted by molar-refractivity contribution is 5.83. The summed E-state index contributed by atoms with van der Waals surface area (Å²) in [5, 5.41) is 2.33. The average Bonchev–Trinajstić information content (AvgIpc) is 3.35. The molecule has 2 aromatic carbocycles. The van der Waals surface area contributed by atoms with Crippen LogP contribution in [0.15, 0.2) is 85.2 Å². The highest BCUT2D eigenvalue weighted by atomic mass is 14.8. The van der Waals surface area contributed by atoms with Crippen molar-refractivity contribution >= 4 is 33.4 Å². The predicted octanol–water partition coefficient (Wildman–Crippen LogP) is 4.51. The van der Waals surface area contributed by atoms with Gasteiger partial charge >= 0.3 is 0 Å². The molecular weight excluding hydrogens is 310 g/mol. The number of fused-ring (bicyclic) bond motifs is 2. The van der Waals surface area contributed by atoms with Crippen LogP contribution in [0.5, 0.6) is 0 Å². The van der Waals surface area contributed by atoms with Crippen LogP contribution in [0.3, 0.4) is 0 Å². The van der Waals surface area contributed by atoms with Gasteiger partial charge < -0.3 is 26.4 Å². The number of H-pyrrole nitrogens is 3. The van der Waals surface area contributed by atoms with Gasteiger partial charge in [-0.3, -0.25) is 0 Å². The van der Waals surface area contributed by atoms with Crippen molar-refractivity contribution < 1.29 is 0 Å². The average molecular weight is 331 g/mol. The molecule has 0 fully saturated rings. The normalized spacial score (nSPS) is 9.92. The quantitative estimate of drug-likeness (QED) is 0.288. The van der Waals surface area contributed by atoms with E-state index < -0.39 is 0 Å². The predicted molar refractivity (Wildman–Crippen MR) is 106 cm³/mol. The molecule has 126 valence electrons. The molecule has 3 aromatic heterocycles. The molecule has 3 heterocycles. The number of aromatic nitrogens is 3. The summed E-state index contributed by atoms with van der Waals surface area (Å²) < 4.78 is 0. The topological polar surface area (TPSA) is 99.4 Å². The molecule has 25 heavy (non-hydrogen) atoms. The molecular formula is C20H21N5. The van der Waals surface area contributed by atoms with Crippen molar-refractivity contribution in [3.05, 3.63) is 85.2 Å². The molecule has 5 nitrogen and oxygen atoms in total. The van der Waals surface area contributed by atoms with Crippen LogP contribution in [0.25, 0.3) is 21.8 Å². The fraction of sp³-hybridized carbons (Fsp3) is 0. The fourth-order valence-electron chi connectivity index (χ4n) is 2.47. The molecule has 0 amide bonds. The van der Waals surface area contributed by atoms with E-state index >= 15 is 0 Å². The van der Waals surface area contributed by atoms with Gasteiger partial charge in [0.15, 0.2) is 0 Å². The number of aromatic amines is 3. The van der Waals surface area contributed by atoms with E-state index in [1.807, 2.05) is 85.2 Å². The summed E-state index contributed by atoms with van der Waals surface area (Å²) >= 11 is 0. The summed E-state index contributed by atoms with van der Waals surface area (Å²) in [5.74, 6) is 1.45. The molecule has 5 heteroatoms. The van der Waals surface area contributed by atoms with Gasteiger partial charge in [0, 0.05) is 34.2 Å². The Morgan fingerprint density at radius 2 is 1.00 bits per heavy atom. The molecule has 0 saturated carbocycles. The van der Waals surface area contributed by atoms with Crippen LogP contribution in [0, 0.1) is 0 Å². The zero-order chi connectivity index (χ0) is 17.5. The van der Waals surface area contributed by atoms with Gasteiger partial charge in [-0.1, -0.05) is 36.4 Å². The summed E-state index contributed by atoms with van der Waals surface area (Å²) in [5.41, 5.74) is 13.3. The van der Waals surface area contributed by atoms with Crippen molar-refractivity contribution in [2.75, 3.05) is 11.5 Å². The second kappa shape index (κ2) is 7.79. The van der Waals surface area contributed by atoms with Gasteiger partial charge in [0.25, 0.3) is 0 Å². The Balaban J connectivity index is 0.000000116. The fourth-order valence-corrected chi connectivity index (χ4v) is 2.47. The molecule has 0 atom stereocenters. The van der Waals surface area contributed by atoms with Crippen LogP contribution >= 0.6 is 0 Å². The first-order valence-electron chi connectivity index (χ1n) is 7.96. The first-order valence-corrected chi connectivity index (χ1v) is 7.96. The number of rotatable bonds is 0. The second-order valence-electron chi connectivity index (χ2n) is 5.51. The Kier molecular flexibility index (Phi) is 5.07. The van der Waals surface area contributed by atoms with Gasteiger partial charge in [-0.2, -0.15) is 0 Å². The first kappa shape index (κ1) is 16.3. The maximum atomic E-state index is 5.54. The molecule has 5 aromatic rings. The van der Waals surface area contributed by atoms with Crippen molar-refractivity contribution in [3.63, 3.8) is 0 Å². The molecule has 0 radical (unpaired) electrons. The summed E-state index contributed by atoms with van der Waals surface area (Å²) in [6.45, 7) is 0. The lowest BCUT2D eigenvalue weighted by molar-refractivity contribution is 1.42. The molecule has 0 aliphatic heterocycles. The lowest BCUT2D eigenvalue weighted by Gasteiger charge is -1.83. The number of hydrogen-bond donors (Lipinski definition) is 5. The standard InChI is InChI=1S/2C8H8N2.C4H5N/c2*9-8-5-6-3-1-2-4-7(6)10-8;1-2-4-5-3-1/h2*1-5,10H,9H2;1-5H. The lowest BCUT2D eigenvalue weighted by Crippen LogP contribution is -1.80. The lowest BCUT2D eigenvalue weighted by atomic mass is 10.3. The number of anilines is 2. The number of nitrogens with one attached hydrogen (secondary N) is 3. The number of nitrogens with two attached hydrogens (primary N) is 2. The number of para-hydroxylation sites is 2. The van der Waals surface area contributed by atoms with Gasteiger partial charge in [-0.05, 0) is 36.4 Å². The Hall–Kier alpha value is -3.60. The summed E-state index contributed by atoms with van der Waals surface area (Å²) in [7, 11) is 0. The van der Waals surface area contributed by atoms with Gasteiger partial charge in [0.2, 0.25) is 0 Å². The van der Waals surface area contributed by atoms with Crippen molar-refractivity contribution in [2.45, 2.75) is 0 Å². The third-order valence-corrected chi connectivity index (χ3v) is 3.60. The highest BCUT2D eigenvalue weighted by Gasteiger charge is 1.93. The van der Waals surface area contributed by atoms with Crippen molar-refractivity contribution in [2.24, 2.45) is 0 Å². The zero-order valence-corrected chi connectivity index (χ0v) is 13.7. The Morgan fingerprint density at radius 1 is 0.560 bits per heavy atom. The van der Waals surface area contributed by atoms with Crippen LogP contribution in [-0.2, 0) is 0 Å². The van der Waals surface area contributed by atoms with Crippen LogP contribution in [-0.4, -0.2) is 15.0 Å². The van der Waals surface area contributed by atoms with Gasteiger partial charge in [-0.25, -0.2) is 0 Å². The van der Waals surface area contributed by atoms with Gasteiger partial charge in [-0.15, -0.1) is 0 Å². The summed E-state index contributed by atoms with van der Waals surface area (Å²) in [6.07, 6.45) is 3.75. The van der Waals surface area contributed by atoms with Crippen molar-refractivity contribution in [1.82, 2.24) is 15.0 Å². The number of nitrogen functional groups attached to an aromatic ring is 2. The number of hydrogen-bond acceptors (Lipinski definition) is 2. The van der Waals surface area contributed by atoms with Crippen molar-refractivity contribution in [1.29, 1.82) is 0 Å². The minimum absolute atomic E-state index is 0.723. The van der Waals surface area contributed by atoms with E-state index in [9.17, 15) is 0 Å². The SMILES string of the molecule is Nc1cc2ccccc2[nH]1.Nc1cc2ccccc2[nH]1.c1cc[nH]c1. The third-order valence-electron chi connectivity index (χ3n) is 3.60. The Bertz CT molecular complexity index is 869. The van der Waals surface area contributed by atoms with Crippen LogP contribution in [0.1, 0.15) is 0 Å². The smallest absolute Gasteiger partial charge is 0.101 e. The molecule has 0 saturated heterocycles. The van der Waals surface area contributed by atoms with Crippen LogP contribution < -0.4 is 11.5 Å². The summed E-state index contributed by atoms with van der Waals surface area (Å²) in [4.78, 5) is 8.93. The first-order chi connectivity index (χ1) is 12.2. The molecule has 5 rings (SSSR count). The maximum Gasteiger partial charge on any atom is 0.101 e. The Labute approximate surface area is 145 Å². The van der Waals surface area contributed by atoms with E-state index in [-0.39, 0.29) is 0 Å². The van der Waals surface area contributed by atoms with E-state index in [0.717, 1.165) is 22.7 Å². The molecule has 0 spiro atoms. The molecule has 0 unspecified atom stereocenters. The number of benzene rings is 2. The van der Waals surface area contributed by atoms with Gasteiger partial charge in [0.1, 0.15) is 11.6 Å². The third kappa shape index (κ3) is 4.45. The van der Waals surface area contributed by atoms with E-state index in [1.165, 1.54) is 10.8 Å². The largest absolute Gasteiger partial charge is 0.385 e. The minimum Gasteiger partial charge on any atom is -0.385 e. The Morgan fingerprint density at radius 3 is 1.36 bits per heavy atom. The second-order valence-corrected chi connectivity index (χ2v) is 5.51. The zero-order valence-electron chi connectivity index (χ0n) is 13.7. The molecule has 0 aliphatic carbocycles.